The van der Waals surface area contributed by atoms with Gasteiger partial charge in [-0.25, -0.2) is 0 Å². The molecule has 0 heterocycles. The molecule has 5 nitrogen and oxygen atoms in total. The fourth-order valence-electron chi connectivity index (χ4n) is 1.87. The molecule has 5 heteroatoms. The third-order valence-corrected chi connectivity index (χ3v) is 2.98. The summed E-state index contributed by atoms with van der Waals surface area (Å²) < 4.78 is 5.64. The van der Waals surface area contributed by atoms with Crippen LogP contribution >= 0.6 is 0 Å². The third-order valence-electron chi connectivity index (χ3n) is 2.98. The van der Waals surface area contributed by atoms with E-state index in [0.717, 1.165) is 11.1 Å². The Morgan fingerprint density at radius 2 is 1.91 bits per heavy atom. The van der Waals surface area contributed by atoms with Gasteiger partial charge in [-0.1, -0.05) is 30.3 Å². The monoisotopic (exact) mass is 298 g/mol. The van der Waals surface area contributed by atoms with Crippen molar-refractivity contribution in [3.8, 4) is 5.75 Å². The van der Waals surface area contributed by atoms with E-state index in [1.807, 2.05) is 61.6 Å². The van der Waals surface area contributed by atoms with Crippen molar-refractivity contribution in [2.75, 3.05) is 14.1 Å². The van der Waals surface area contributed by atoms with E-state index in [0.29, 0.717) is 6.61 Å². The molecule has 0 spiro atoms. The molecule has 0 saturated carbocycles. The predicted octanol–water partition coefficient (Wildman–Crippen LogP) is 3.71. The van der Waals surface area contributed by atoms with Gasteiger partial charge in [0.15, 0.2) is 5.75 Å². The molecule has 0 saturated heterocycles. The maximum Gasteiger partial charge on any atom is 0.310 e. The number of rotatable bonds is 6. The largest absolute Gasteiger partial charge is 0.482 e. The number of nitro benzene ring substituents is 1. The van der Waals surface area contributed by atoms with Crippen LogP contribution in [0.2, 0.25) is 0 Å². The lowest BCUT2D eigenvalue weighted by Gasteiger charge is -2.08. The Morgan fingerprint density at radius 1 is 1.18 bits per heavy atom. The first-order valence-corrected chi connectivity index (χ1v) is 6.86. The van der Waals surface area contributed by atoms with Crippen molar-refractivity contribution in [1.82, 2.24) is 4.90 Å². The molecular formula is C17H18N2O3. The SMILES string of the molecule is CN(C)C=Cc1ccc([N+](=O)[O-])c(OCc2ccccc2)c1. The van der Waals surface area contributed by atoms with E-state index in [4.69, 9.17) is 4.74 Å². The van der Waals surface area contributed by atoms with Crippen LogP contribution in [0.5, 0.6) is 5.75 Å². The van der Waals surface area contributed by atoms with Crippen molar-refractivity contribution in [3.63, 3.8) is 0 Å². The summed E-state index contributed by atoms with van der Waals surface area (Å²) in [5.41, 5.74) is 1.78. The highest BCUT2D eigenvalue weighted by atomic mass is 16.6. The van der Waals surface area contributed by atoms with Crippen LogP contribution in [0.4, 0.5) is 5.69 Å². The Hall–Kier alpha value is -2.82. The average Bonchev–Trinajstić information content (AvgIpc) is 2.51. The van der Waals surface area contributed by atoms with E-state index in [1.54, 1.807) is 12.1 Å². The predicted molar refractivity (Wildman–Crippen MR) is 86.6 cm³/mol. The van der Waals surface area contributed by atoms with Crippen molar-refractivity contribution in [2.24, 2.45) is 0 Å². The topological polar surface area (TPSA) is 55.6 Å². The van der Waals surface area contributed by atoms with Gasteiger partial charge in [-0.2, -0.15) is 0 Å². The van der Waals surface area contributed by atoms with Crippen molar-refractivity contribution >= 4 is 11.8 Å². The summed E-state index contributed by atoms with van der Waals surface area (Å²) >= 11 is 0. The van der Waals surface area contributed by atoms with Crippen LogP contribution in [-0.4, -0.2) is 23.9 Å². The summed E-state index contributed by atoms with van der Waals surface area (Å²) in [4.78, 5) is 12.6. The van der Waals surface area contributed by atoms with E-state index in [9.17, 15) is 10.1 Å². The maximum absolute atomic E-state index is 11.1. The summed E-state index contributed by atoms with van der Waals surface area (Å²) in [6.45, 7) is 0.294. The van der Waals surface area contributed by atoms with Gasteiger partial charge in [-0.15, -0.1) is 0 Å². The number of nitrogens with zero attached hydrogens (tertiary/aromatic N) is 2. The van der Waals surface area contributed by atoms with Crippen LogP contribution in [0.1, 0.15) is 11.1 Å². The number of hydrogen-bond acceptors (Lipinski definition) is 4. The third kappa shape index (κ3) is 4.34. The molecule has 0 aliphatic rings. The Balaban J connectivity index is 2.22. The van der Waals surface area contributed by atoms with E-state index >= 15 is 0 Å². The zero-order valence-electron chi connectivity index (χ0n) is 12.6. The van der Waals surface area contributed by atoms with Gasteiger partial charge in [0.1, 0.15) is 6.61 Å². The van der Waals surface area contributed by atoms with Crippen LogP contribution < -0.4 is 4.74 Å². The lowest BCUT2D eigenvalue weighted by Crippen LogP contribution is -2.01. The molecule has 0 aromatic heterocycles. The van der Waals surface area contributed by atoms with Gasteiger partial charge in [-0.3, -0.25) is 10.1 Å². The first-order valence-electron chi connectivity index (χ1n) is 6.86. The van der Waals surface area contributed by atoms with Gasteiger partial charge in [0.2, 0.25) is 0 Å². The quantitative estimate of drug-likeness (QED) is 0.602. The molecule has 0 atom stereocenters. The summed E-state index contributed by atoms with van der Waals surface area (Å²) in [6, 6.07) is 14.4. The normalized spacial score (nSPS) is 10.6. The Bertz CT molecular complexity index is 667. The van der Waals surface area contributed by atoms with Gasteiger partial charge in [-0.05, 0) is 35.5 Å². The standard InChI is InChI=1S/C17H18N2O3/c1-18(2)11-10-14-8-9-16(19(20)21)17(12-14)22-13-15-6-4-3-5-7-15/h3-12H,13H2,1-2H3. The Morgan fingerprint density at radius 3 is 2.55 bits per heavy atom. The number of hydrogen-bond donors (Lipinski definition) is 0. The summed E-state index contributed by atoms with van der Waals surface area (Å²) in [5, 5.41) is 11.1. The Kier molecular flexibility index (Phi) is 5.14. The lowest BCUT2D eigenvalue weighted by molar-refractivity contribution is -0.385. The first kappa shape index (κ1) is 15.6. The van der Waals surface area contributed by atoms with Gasteiger partial charge in [0.25, 0.3) is 0 Å². The van der Waals surface area contributed by atoms with Crippen LogP contribution in [0.3, 0.4) is 0 Å². The average molecular weight is 298 g/mol. The van der Waals surface area contributed by atoms with E-state index in [-0.39, 0.29) is 11.4 Å². The van der Waals surface area contributed by atoms with Crippen molar-refractivity contribution in [2.45, 2.75) is 6.61 Å². The first-order chi connectivity index (χ1) is 10.6. The fraction of sp³-hybridized carbons (Fsp3) is 0.176. The van der Waals surface area contributed by atoms with Gasteiger partial charge in [0.05, 0.1) is 4.92 Å². The molecule has 0 amide bonds. The molecule has 114 valence electrons. The highest BCUT2D eigenvalue weighted by Crippen LogP contribution is 2.29. The van der Waals surface area contributed by atoms with E-state index in [2.05, 4.69) is 0 Å². The van der Waals surface area contributed by atoms with Gasteiger partial charge >= 0.3 is 5.69 Å². The molecule has 0 fully saturated rings. The van der Waals surface area contributed by atoms with E-state index < -0.39 is 4.92 Å². The van der Waals surface area contributed by atoms with Crippen molar-refractivity contribution in [3.05, 3.63) is 76.0 Å². The highest BCUT2D eigenvalue weighted by Gasteiger charge is 2.15. The number of ether oxygens (including phenoxy) is 1. The second-order valence-electron chi connectivity index (χ2n) is 5.04. The number of nitro groups is 1. The second kappa shape index (κ2) is 7.26. The minimum atomic E-state index is -0.431. The molecule has 0 N–H and O–H groups in total. The van der Waals surface area contributed by atoms with Crippen LogP contribution in [0.15, 0.2) is 54.7 Å². The van der Waals surface area contributed by atoms with Crippen LogP contribution in [-0.2, 0) is 6.61 Å². The van der Waals surface area contributed by atoms with Gasteiger partial charge in [0, 0.05) is 20.2 Å². The molecule has 2 aromatic carbocycles. The molecule has 0 bridgehead atoms. The van der Waals surface area contributed by atoms with Crippen molar-refractivity contribution < 1.29 is 9.66 Å². The minimum absolute atomic E-state index is 0.0297. The van der Waals surface area contributed by atoms with Crippen LogP contribution in [0.25, 0.3) is 6.08 Å². The molecule has 0 radical (unpaired) electrons. The smallest absolute Gasteiger partial charge is 0.310 e. The van der Waals surface area contributed by atoms with Gasteiger partial charge < -0.3 is 9.64 Å². The molecular weight excluding hydrogens is 280 g/mol. The lowest BCUT2D eigenvalue weighted by atomic mass is 10.2. The van der Waals surface area contributed by atoms with Crippen LogP contribution in [0, 0.1) is 10.1 Å². The molecule has 2 aromatic rings. The highest BCUT2D eigenvalue weighted by molar-refractivity contribution is 5.58. The Labute approximate surface area is 129 Å². The fourth-order valence-corrected chi connectivity index (χ4v) is 1.87. The summed E-state index contributed by atoms with van der Waals surface area (Å²) in [7, 11) is 3.82. The second-order valence-corrected chi connectivity index (χ2v) is 5.04. The molecule has 0 unspecified atom stereocenters. The number of benzene rings is 2. The molecule has 22 heavy (non-hydrogen) atoms. The molecule has 2 rings (SSSR count). The zero-order chi connectivity index (χ0) is 15.9. The molecule has 0 aliphatic heterocycles. The van der Waals surface area contributed by atoms with E-state index in [1.165, 1.54) is 6.07 Å². The summed E-state index contributed by atoms with van der Waals surface area (Å²) in [5.74, 6) is 0.273. The van der Waals surface area contributed by atoms with Crippen molar-refractivity contribution in [1.29, 1.82) is 0 Å². The summed E-state index contributed by atoms with van der Waals surface area (Å²) in [6.07, 6.45) is 3.75. The maximum atomic E-state index is 11.1. The minimum Gasteiger partial charge on any atom is -0.482 e. The molecule has 0 aliphatic carbocycles. The zero-order valence-corrected chi connectivity index (χ0v) is 12.6.